The van der Waals surface area contributed by atoms with E-state index in [1.54, 1.807) is 36.4 Å². The Morgan fingerprint density at radius 2 is 1.62 bits per heavy atom. The highest BCUT2D eigenvalue weighted by molar-refractivity contribution is 5.78. The molecule has 2 rings (SSSR count). The smallest absolute Gasteiger partial charge is 0.269 e. The van der Waals surface area contributed by atoms with E-state index in [0.717, 1.165) is 5.56 Å². The van der Waals surface area contributed by atoms with E-state index in [9.17, 15) is 14.9 Å². The molecule has 0 aliphatic rings. The van der Waals surface area contributed by atoms with Crippen molar-refractivity contribution >= 4 is 11.6 Å². The van der Waals surface area contributed by atoms with Crippen LogP contribution in [0, 0.1) is 10.1 Å². The molecule has 0 bridgehead atoms. The summed E-state index contributed by atoms with van der Waals surface area (Å²) in [6.07, 6.45) is 0.163. The minimum Gasteiger partial charge on any atom is -0.508 e. The number of nitrogens with zero attached hydrogens (tertiary/aromatic N) is 1. The van der Waals surface area contributed by atoms with Gasteiger partial charge in [0.15, 0.2) is 0 Å². The summed E-state index contributed by atoms with van der Waals surface area (Å²) in [4.78, 5) is 21.8. The quantitative estimate of drug-likeness (QED) is 0.650. The van der Waals surface area contributed by atoms with Gasteiger partial charge in [0.2, 0.25) is 5.91 Å². The predicted octanol–water partition coefficient (Wildman–Crippen LogP) is 2.16. The van der Waals surface area contributed by atoms with Crippen LogP contribution in [0.3, 0.4) is 0 Å². The second-order valence-electron chi connectivity index (χ2n) is 4.54. The summed E-state index contributed by atoms with van der Waals surface area (Å²) < 4.78 is 0. The van der Waals surface area contributed by atoms with Crippen molar-refractivity contribution in [3.8, 4) is 5.75 Å². The Balaban J connectivity index is 1.86. The normalized spacial score (nSPS) is 10.1. The van der Waals surface area contributed by atoms with E-state index in [2.05, 4.69) is 5.32 Å². The highest BCUT2D eigenvalue weighted by atomic mass is 16.6. The molecule has 108 valence electrons. The average molecular weight is 286 g/mol. The van der Waals surface area contributed by atoms with Crippen molar-refractivity contribution < 1.29 is 14.8 Å². The number of carbonyl (C=O) groups is 1. The summed E-state index contributed by atoms with van der Waals surface area (Å²) in [6.45, 7) is 0.367. The van der Waals surface area contributed by atoms with E-state index in [0.29, 0.717) is 12.1 Å². The van der Waals surface area contributed by atoms with Crippen LogP contribution in [0.2, 0.25) is 0 Å². The van der Waals surface area contributed by atoms with Gasteiger partial charge in [-0.3, -0.25) is 14.9 Å². The SMILES string of the molecule is O=C(Cc1ccc([N+](=O)[O-])cc1)NCc1ccc(O)cc1. The van der Waals surface area contributed by atoms with Gasteiger partial charge in [0.1, 0.15) is 5.75 Å². The molecule has 0 radical (unpaired) electrons. The minimum absolute atomic E-state index is 0.00301. The van der Waals surface area contributed by atoms with Gasteiger partial charge in [-0.05, 0) is 23.3 Å². The largest absolute Gasteiger partial charge is 0.508 e. The van der Waals surface area contributed by atoms with Gasteiger partial charge in [-0.2, -0.15) is 0 Å². The van der Waals surface area contributed by atoms with Gasteiger partial charge < -0.3 is 10.4 Å². The lowest BCUT2D eigenvalue weighted by Crippen LogP contribution is -2.24. The number of phenolic OH excluding ortho intramolecular Hbond substituents is 1. The highest BCUT2D eigenvalue weighted by Crippen LogP contribution is 2.12. The first-order valence-electron chi connectivity index (χ1n) is 6.32. The molecule has 0 saturated carbocycles. The molecule has 0 spiro atoms. The number of benzene rings is 2. The van der Waals surface area contributed by atoms with Crippen molar-refractivity contribution in [2.75, 3.05) is 0 Å². The van der Waals surface area contributed by atoms with E-state index in [-0.39, 0.29) is 23.8 Å². The third-order valence-corrected chi connectivity index (χ3v) is 2.94. The van der Waals surface area contributed by atoms with E-state index in [4.69, 9.17) is 5.11 Å². The van der Waals surface area contributed by atoms with Crippen LogP contribution in [0.4, 0.5) is 5.69 Å². The van der Waals surface area contributed by atoms with Crippen LogP contribution in [0.5, 0.6) is 5.75 Å². The van der Waals surface area contributed by atoms with Crippen molar-refractivity contribution in [1.82, 2.24) is 5.32 Å². The van der Waals surface area contributed by atoms with E-state index >= 15 is 0 Å². The molecule has 0 aromatic heterocycles. The molecule has 2 N–H and O–H groups in total. The summed E-state index contributed by atoms with van der Waals surface area (Å²) in [5.74, 6) is 0.00730. The van der Waals surface area contributed by atoms with Gasteiger partial charge in [-0.25, -0.2) is 0 Å². The Morgan fingerprint density at radius 3 is 2.19 bits per heavy atom. The first-order chi connectivity index (χ1) is 10.0. The fourth-order valence-electron chi connectivity index (χ4n) is 1.80. The van der Waals surface area contributed by atoms with Crippen molar-refractivity contribution in [2.24, 2.45) is 0 Å². The molecule has 1 amide bonds. The standard InChI is InChI=1S/C15H14N2O4/c18-14-7-3-12(4-8-14)10-16-15(19)9-11-1-5-13(6-2-11)17(20)21/h1-8,18H,9-10H2,(H,16,19). The molecule has 0 atom stereocenters. The molecular weight excluding hydrogens is 272 g/mol. The summed E-state index contributed by atoms with van der Waals surface area (Å²) in [6, 6.07) is 12.4. The maximum absolute atomic E-state index is 11.8. The Kier molecular flexibility index (Phi) is 4.50. The number of carbonyl (C=O) groups excluding carboxylic acids is 1. The third kappa shape index (κ3) is 4.31. The minimum atomic E-state index is -0.478. The lowest BCUT2D eigenvalue weighted by Gasteiger charge is -2.05. The number of nitrogens with one attached hydrogen (secondary N) is 1. The Labute approximate surface area is 121 Å². The molecule has 0 fully saturated rings. The van der Waals surface area contributed by atoms with Crippen molar-refractivity contribution in [2.45, 2.75) is 13.0 Å². The number of nitro groups is 1. The topological polar surface area (TPSA) is 92.5 Å². The lowest BCUT2D eigenvalue weighted by molar-refractivity contribution is -0.384. The molecule has 21 heavy (non-hydrogen) atoms. The average Bonchev–Trinajstić information content (AvgIpc) is 2.47. The molecule has 0 unspecified atom stereocenters. The molecule has 6 heteroatoms. The van der Waals surface area contributed by atoms with E-state index in [1.165, 1.54) is 12.1 Å². The van der Waals surface area contributed by atoms with Crippen molar-refractivity contribution in [3.63, 3.8) is 0 Å². The van der Waals surface area contributed by atoms with Crippen LogP contribution < -0.4 is 5.32 Å². The van der Waals surface area contributed by atoms with Crippen LogP contribution in [0.25, 0.3) is 0 Å². The van der Waals surface area contributed by atoms with Crippen LogP contribution >= 0.6 is 0 Å². The Morgan fingerprint density at radius 1 is 1.05 bits per heavy atom. The Bertz CT molecular complexity index is 636. The summed E-state index contributed by atoms with van der Waals surface area (Å²) in [7, 11) is 0. The maximum Gasteiger partial charge on any atom is 0.269 e. The second kappa shape index (κ2) is 6.51. The van der Waals surface area contributed by atoms with Crippen molar-refractivity contribution in [1.29, 1.82) is 0 Å². The number of non-ortho nitro benzene ring substituents is 1. The van der Waals surface area contributed by atoms with Gasteiger partial charge in [-0.1, -0.05) is 24.3 Å². The summed E-state index contributed by atoms with van der Waals surface area (Å²) in [5, 5.41) is 22.4. The number of aromatic hydroxyl groups is 1. The zero-order valence-electron chi connectivity index (χ0n) is 11.2. The molecule has 0 saturated heterocycles. The van der Waals surface area contributed by atoms with Gasteiger partial charge in [0.05, 0.1) is 11.3 Å². The lowest BCUT2D eigenvalue weighted by atomic mass is 10.1. The van der Waals surface area contributed by atoms with Crippen molar-refractivity contribution in [3.05, 3.63) is 69.8 Å². The number of hydrogen-bond acceptors (Lipinski definition) is 4. The summed E-state index contributed by atoms with van der Waals surface area (Å²) in [5.41, 5.74) is 1.59. The van der Waals surface area contributed by atoms with Crippen LogP contribution in [-0.2, 0) is 17.8 Å². The molecule has 0 aliphatic carbocycles. The molecule has 2 aromatic carbocycles. The number of hydrogen-bond donors (Lipinski definition) is 2. The first kappa shape index (κ1) is 14.5. The fourth-order valence-corrected chi connectivity index (χ4v) is 1.80. The zero-order chi connectivity index (χ0) is 15.2. The molecule has 6 nitrogen and oxygen atoms in total. The van der Waals surface area contributed by atoms with E-state index in [1.807, 2.05) is 0 Å². The third-order valence-electron chi connectivity index (χ3n) is 2.94. The number of nitro benzene ring substituents is 1. The molecule has 0 aliphatic heterocycles. The monoisotopic (exact) mass is 286 g/mol. The van der Waals surface area contributed by atoms with Gasteiger partial charge in [-0.15, -0.1) is 0 Å². The first-order valence-corrected chi connectivity index (χ1v) is 6.32. The molecule has 0 heterocycles. The summed E-state index contributed by atoms with van der Waals surface area (Å²) >= 11 is 0. The zero-order valence-corrected chi connectivity index (χ0v) is 11.2. The van der Waals surface area contributed by atoms with Gasteiger partial charge in [0, 0.05) is 18.7 Å². The van der Waals surface area contributed by atoms with Gasteiger partial charge >= 0.3 is 0 Å². The Hall–Kier alpha value is -2.89. The molecule has 2 aromatic rings. The van der Waals surface area contributed by atoms with Crippen LogP contribution in [0.1, 0.15) is 11.1 Å². The maximum atomic E-state index is 11.8. The fraction of sp³-hybridized carbons (Fsp3) is 0.133. The number of rotatable bonds is 5. The number of phenols is 1. The predicted molar refractivity (Wildman–Crippen MR) is 76.8 cm³/mol. The van der Waals surface area contributed by atoms with E-state index < -0.39 is 4.92 Å². The molecular formula is C15H14N2O4. The van der Waals surface area contributed by atoms with Gasteiger partial charge in [0.25, 0.3) is 5.69 Å². The van der Waals surface area contributed by atoms with Crippen LogP contribution in [-0.4, -0.2) is 15.9 Å². The van der Waals surface area contributed by atoms with Crippen LogP contribution in [0.15, 0.2) is 48.5 Å². The number of amides is 1. The second-order valence-corrected chi connectivity index (χ2v) is 4.54. The highest BCUT2D eigenvalue weighted by Gasteiger charge is 2.07.